The molecule has 1 fully saturated rings. The Balaban J connectivity index is 1.52. The van der Waals surface area contributed by atoms with Gasteiger partial charge in [-0.05, 0) is 12.1 Å². The van der Waals surface area contributed by atoms with Gasteiger partial charge in [-0.2, -0.15) is 0 Å². The molecule has 0 spiro atoms. The molecule has 140 valence electrons. The molecule has 7 heteroatoms. The summed E-state index contributed by atoms with van der Waals surface area (Å²) in [6.45, 7) is 8.53. The van der Waals surface area contributed by atoms with E-state index in [9.17, 15) is 13.6 Å². The molecule has 1 aliphatic heterocycles. The van der Waals surface area contributed by atoms with E-state index in [4.69, 9.17) is 0 Å². The number of hydrogen-bond acceptors (Lipinski definition) is 3. The average molecular weight is 362 g/mol. The Hall–Kier alpha value is -2.28. The molecule has 0 aliphatic carbocycles. The number of carbonyl (C=O) groups is 1. The molecule has 1 aliphatic rings. The van der Waals surface area contributed by atoms with Crippen LogP contribution in [-0.4, -0.2) is 58.0 Å². The predicted octanol–water partition coefficient (Wildman–Crippen LogP) is 2.74. The van der Waals surface area contributed by atoms with E-state index in [0.29, 0.717) is 19.0 Å². The highest BCUT2D eigenvalue weighted by Gasteiger charge is 2.24. The third kappa shape index (κ3) is 4.09. The fourth-order valence-corrected chi connectivity index (χ4v) is 3.27. The Morgan fingerprint density at radius 3 is 2.54 bits per heavy atom. The lowest BCUT2D eigenvalue weighted by Crippen LogP contribution is -2.49. The van der Waals surface area contributed by atoms with E-state index >= 15 is 0 Å². The number of carbonyl (C=O) groups excluding carboxylic acids is 1. The van der Waals surface area contributed by atoms with Gasteiger partial charge in [-0.25, -0.2) is 13.8 Å². The van der Waals surface area contributed by atoms with Crippen molar-refractivity contribution in [2.24, 2.45) is 0 Å². The van der Waals surface area contributed by atoms with Gasteiger partial charge in [0.05, 0.1) is 5.56 Å². The fraction of sp³-hybridized carbons (Fsp3) is 0.474. The molecule has 26 heavy (non-hydrogen) atoms. The summed E-state index contributed by atoms with van der Waals surface area (Å²) in [7, 11) is 0. The molecule has 0 unspecified atom stereocenters. The van der Waals surface area contributed by atoms with E-state index in [1.807, 2.05) is 12.4 Å². The predicted molar refractivity (Wildman–Crippen MR) is 95.0 cm³/mol. The van der Waals surface area contributed by atoms with Crippen LogP contribution >= 0.6 is 0 Å². The van der Waals surface area contributed by atoms with E-state index in [1.165, 1.54) is 6.07 Å². The summed E-state index contributed by atoms with van der Waals surface area (Å²) < 4.78 is 29.0. The lowest BCUT2D eigenvalue weighted by molar-refractivity contribution is 0.0628. The lowest BCUT2D eigenvalue weighted by atomic mass is 10.1. The molecule has 0 N–H and O–H groups in total. The van der Waals surface area contributed by atoms with Gasteiger partial charge >= 0.3 is 0 Å². The van der Waals surface area contributed by atoms with Crippen molar-refractivity contribution in [1.29, 1.82) is 0 Å². The standard InChI is InChI=1S/C19H24F2N4O/c1-14(2)18-22-5-6-24(18)10-7-23-8-11-25(12-9-23)19(26)16-4-3-15(20)13-17(16)21/h3-6,13-14H,7-12H2,1-2H3. The molecule has 1 aromatic carbocycles. The Kier molecular flexibility index (Phi) is 5.66. The van der Waals surface area contributed by atoms with Crippen LogP contribution in [0.2, 0.25) is 0 Å². The quantitative estimate of drug-likeness (QED) is 0.821. The largest absolute Gasteiger partial charge is 0.336 e. The van der Waals surface area contributed by atoms with Gasteiger partial charge in [0.25, 0.3) is 5.91 Å². The van der Waals surface area contributed by atoms with Crippen molar-refractivity contribution in [3.63, 3.8) is 0 Å². The SMILES string of the molecule is CC(C)c1nccn1CCN1CCN(C(=O)c2ccc(F)cc2F)CC1. The van der Waals surface area contributed by atoms with E-state index in [2.05, 4.69) is 28.3 Å². The molecule has 1 amide bonds. The number of rotatable bonds is 5. The maximum absolute atomic E-state index is 13.8. The molecule has 1 aromatic heterocycles. The first-order chi connectivity index (χ1) is 12.5. The molecule has 3 rings (SSSR count). The van der Waals surface area contributed by atoms with Crippen LogP contribution in [0.15, 0.2) is 30.6 Å². The molecular weight excluding hydrogens is 338 g/mol. The Morgan fingerprint density at radius 1 is 1.15 bits per heavy atom. The minimum Gasteiger partial charge on any atom is -0.336 e. The van der Waals surface area contributed by atoms with Crippen molar-refractivity contribution in [1.82, 2.24) is 19.4 Å². The Morgan fingerprint density at radius 2 is 1.88 bits per heavy atom. The second kappa shape index (κ2) is 7.95. The molecule has 0 radical (unpaired) electrons. The second-order valence-corrected chi connectivity index (χ2v) is 6.89. The summed E-state index contributed by atoms with van der Waals surface area (Å²) >= 11 is 0. The van der Waals surface area contributed by atoms with Crippen molar-refractivity contribution < 1.29 is 13.6 Å². The second-order valence-electron chi connectivity index (χ2n) is 6.89. The zero-order valence-corrected chi connectivity index (χ0v) is 15.2. The average Bonchev–Trinajstić information content (AvgIpc) is 3.09. The van der Waals surface area contributed by atoms with Crippen LogP contribution in [0.5, 0.6) is 0 Å². The van der Waals surface area contributed by atoms with Crippen LogP contribution in [0.25, 0.3) is 0 Å². The van der Waals surface area contributed by atoms with Gasteiger partial charge in [-0.3, -0.25) is 9.69 Å². The molecule has 5 nitrogen and oxygen atoms in total. The molecule has 2 heterocycles. The zero-order chi connectivity index (χ0) is 18.7. The van der Waals surface area contributed by atoms with Gasteiger partial charge in [0.2, 0.25) is 0 Å². The number of imidazole rings is 1. The summed E-state index contributed by atoms with van der Waals surface area (Å²) in [6, 6.07) is 3.08. The van der Waals surface area contributed by atoms with Crippen molar-refractivity contribution in [2.75, 3.05) is 32.7 Å². The van der Waals surface area contributed by atoms with Gasteiger partial charge in [-0.15, -0.1) is 0 Å². The number of piperazine rings is 1. The first kappa shape index (κ1) is 18.5. The van der Waals surface area contributed by atoms with Gasteiger partial charge in [0.15, 0.2) is 0 Å². The van der Waals surface area contributed by atoms with Crippen molar-refractivity contribution in [3.8, 4) is 0 Å². The third-order valence-corrected chi connectivity index (χ3v) is 4.74. The Labute approximate surface area is 152 Å². The molecule has 2 aromatic rings. The summed E-state index contributed by atoms with van der Waals surface area (Å²) in [4.78, 5) is 20.7. The zero-order valence-electron chi connectivity index (χ0n) is 15.2. The Bertz CT molecular complexity index is 767. The third-order valence-electron chi connectivity index (χ3n) is 4.74. The number of amides is 1. The summed E-state index contributed by atoms with van der Waals surface area (Å²) in [5.41, 5.74) is -0.0696. The normalized spacial score (nSPS) is 15.7. The van der Waals surface area contributed by atoms with Crippen LogP contribution < -0.4 is 0 Å². The highest BCUT2D eigenvalue weighted by Crippen LogP contribution is 2.15. The first-order valence-electron chi connectivity index (χ1n) is 8.93. The number of nitrogens with zero attached hydrogens (tertiary/aromatic N) is 4. The number of benzene rings is 1. The van der Waals surface area contributed by atoms with Gasteiger partial charge in [-0.1, -0.05) is 13.8 Å². The van der Waals surface area contributed by atoms with E-state index < -0.39 is 11.6 Å². The minimum absolute atomic E-state index is 0.0696. The maximum atomic E-state index is 13.8. The summed E-state index contributed by atoms with van der Waals surface area (Å²) in [6.07, 6.45) is 3.82. The van der Waals surface area contributed by atoms with Crippen LogP contribution in [0.3, 0.4) is 0 Å². The summed E-state index contributed by atoms with van der Waals surface area (Å²) in [5, 5.41) is 0. The van der Waals surface area contributed by atoms with Crippen LogP contribution in [-0.2, 0) is 6.54 Å². The van der Waals surface area contributed by atoms with Crippen molar-refractivity contribution >= 4 is 5.91 Å². The van der Waals surface area contributed by atoms with Gasteiger partial charge in [0, 0.05) is 63.6 Å². The van der Waals surface area contributed by atoms with Crippen molar-refractivity contribution in [3.05, 3.63) is 53.6 Å². The lowest BCUT2D eigenvalue weighted by Gasteiger charge is -2.35. The first-order valence-corrected chi connectivity index (χ1v) is 8.93. The van der Waals surface area contributed by atoms with Gasteiger partial charge in [0.1, 0.15) is 17.5 Å². The van der Waals surface area contributed by atoms with Crippen LogP contribution in [0.4, 0.5) is 8.78 Å². The molecule has 0 atom stereocenters. The fourth-order valence-electron chi connectivity index (χ4n) is 3.27. The minimum atomic E-state index is -0.807. The molecular formula is C19H24F2N4O. The molecule has 0 bridgehead atoms. The number of hydrogen-bond donors (Lipinski definition) is 0. The van der Waals surface area contributed by atoms with Gasteiger partial charge < -0.3 is 9.47 Å². The highest BCUT2D eigenvalue weighted by molar-refractivity contribution is 5.94. The number of aromatic nitrogens is 2. The van der Waals surface area contributed by atoms with Crippen LogP contribution in [0.1, 0.15) is 35.9 Å². The number of halogens is 2. The smallest absolute Gasteiger partial charge is 0.256 e. The van der Waals surface area contributed by atoms with E-state index in [-0.39, 0.29) is 11.5 Å². The van der Waals surface area contributed by atoms with E-state index in [0.717, 1.165) is 44.1 Å². The molecule has 1 saturated heterocycles. The maximum Gasteiger partial charge on any atom is 0.256 e. The van der Waals surface area contributed by atoms with Crippen LogP contribution in [0, 0.1) is 11.6 Å². The summed E-state index contributed by atoms with van der Waals surface area (Å²) in [5.74, 6) is -0.405. The van der Waals surface area contributed by atoms with E-state index in [1.54, 1.807) is 4.90 Å². The van der Waals surface area contributed by atoms with Crippen molar-refractivity contribution in [2.45, 2.75) is 26.3 Å². The topological polar surface area (TPSA) is 41.4 Å². The molecule has 0 saturated carbocycles. The monoisotopic (exact) mass is 362 g/mol. The highest BCUT2D eigenvalue weighted by atomic mass is 19.1.